The fourth-order valence-corrected chi connectivity index (χ4v) is 3.69. The van der Waals surface area contributed by atoms with Gasteiger partial charge in [0, 0.05) is 20.6 Å². The third-order valence-corrected chi connectivity index (χ3v) is 5.39. The topological polar surface area (TPSA) is 66.8 Å². The number of thioether (sulfide) groups is 1. The summed E-state index contributed by atoms with van der Waals surface area (Å²) in [4.78, 5) is 1.96. The molecule has 2 aromatic rings. The Morgan fingerprint density at radius 1 is 1.16 bits per heavy atom. The molecule has 0 saturated carbocycles. The Hall–Kier alpha value is -0.930. The van der Waals surface area contributed by atoms with Crippen molar-refractivity contribution in [1.29, 1.82) is 0 Å². The minimum atomic E-state index is 0.785. The molecule has 2 aromatic heterocycles. The van der Waals surface area contributed by atoms with Gasteiger partial charge in [-0.1, -0.05) is 41.4 Å². The number of aromatic nitrogens is 4. The Morgan fingerprint density at radius 3 is 2.68 bits per heavy atom. The van der Waals surface area contributed by atoms with E-state index in [0.29, 0.717) is 0 Å². The SMILES string of the molecule is CCCNc1nnc(CSc2nnc(N(C)C)s2)s1. The van der Waals surface area contributed by atoms with Gasteiger partial charge >= 0.3 is 0 Å². The van der Waals surface area contributed by atoms with E-state index in [0.717, 1.165) is 38.3 Å². The Bertz CT molecular complexity index is 509. The molecule has 0 atom stereocenters. The van der Waals surface area contributed by atoms with Crippen molar-refractivity contribution in [2.24, 2.45) is 0 Å². The van der Waals surface area contributed by atoms with Crippen LogP contribution in [0, 0.1) is 0 Å². The number of hydrogen-bond acceptors (Lipinski definition) is 9. The second-order valence-corrected chi connectivity index (χ2v) is 7.20. The van der Waals surface area contributed by atoms with Crippen LogP contribution in [-0.2, 0) is 5.75 Å². The molecule has 0 amide bonds. The smallest absolute Gasteiger partial charge is 0.208 e. The van der Waals surface area contributed by atoms with Crippen LogP contribution >= 0.6 is 34.4 Å². The van der Waals surface area contributed by atoms with Crippen molar-refractivity contribution in [2.45, 2.75) is 23.4 Å². The largest absolute Gasteiger partial charge is 0.360 e. The molecule has 1 N–H and O–H groups in total. The monoisotopic (exact) mass is 316 g/mol. The second kappa shape index (κ2) is 7.01. The van der Waals surface area contributed by atoms with Gasteiger partial charge in [-0.2, -0.15) is 0 Å². The van der Waals surface area contributed by atoms with Gasteiger partial charge in [-0.15, -0.1) is 20.4 Å². The highest BCUT2D eigenvalue weighted by molar-refractivity contribution is 8.00. The molecular weight excluding hydrogens is 300 g/mol. The van der Waals surface area contributed by atoms with Crippen LogP contribution in [-0.4, -0.2) is 41.0 Å². The summed E-state index contributed by atoms with van der Waals surface area (Å²) in [6.07, 6.45) is 1.09. The van der Waals surface area contributed by atoms with Crippen molar-refractivity contribution in [2.75, 3.05) is 30.9 Å². The summed E-state index contributed by atoms with van der Waals surface area (Å²) in [6, 6.07) is 0. The van der Waals surface area contributed by atoms with Crippen LogP contribution in [0.25, 0.3) is 0 Å². The molecule has 9 heteroatoms. The van der Waals surface area contributed by atoms with Gasteiger partial charge < -0.3 is 10.2 Å². The van der Waals surface area contributed by atoms with Crippen LogP contribution in [0.3, 0.4) is 0 Å². The molecule has 104 valence electrons. The molecule has 0 saturated heterocycles. The van der Waals surface area contributed by atoms with Gasteiger partial charge in [0.2, 0.25) is 10.3 Å². The van der Waals surface area contributed by atoms with Gasteiger partial charge in [0.15, 0.2) is 4.34 Å². The first-order valence-electron chi connectivity index (χ1n) is 5.89. The molecule has 6 nitrogen and oxygen atoms in total. The first kappa shape index (κ1) is 14.5. The molecule has 2 heterocycles. The van der Waals surface area contributed by atoms with Gasteiger partial charge in [-0.3, -0.25) is 0 Å². The van der Waals surface area contributed by atoms with Crippen LogP contribution in [0.15, 0.2) is 4.34 Å². The molecule has 0 radical (unpaired) electrons. The predicted molar refractivity (Wildman–Crippen MR) is 82.5 cm³/mol. The van der Waals surface area contributed by atoms with E-state index in [1.165, 1.54) is 0 Å². The zero-order valence-corrected chi connectivity index (χ0v) is 13.5. The summed E-state index contributed by atoms with van der Waals surface area (Å²) >= 11 is 4.83. The van der Waals surface area contributed by atoms with Crippen molar-refractivity contribution >= 4 is 44.7 Å². The maximum atomic E-state index is 4.16. The number of rotatable bonds is 7. The van der Waals surface area contributed by atoms with Crippen molar-refractivity contribution < 1.29 is 0 Å². The molecule has 2 rings (SSSR count). The van der Waals surface area contributed by atoms with Crippen molar-refractivity contribution in [3.8, 4) is 0 Å². The lowest BCUT2D eigenvalue weighted by Crippen LogP contribution is -2.07. The normalized spacial score (nSPS) is 10.7. The minimum absolute atomic E-state index is 0.785. The molecule has 0 fully saturated rings. The van der Waals surface area contributed by atoms with E-state index in [1.807, 2.05) is 19.0 Å². The molecular formula is C10H16N6S3. The second-order valence-electron chi connectivity index (χ2n) is 3.96. The summed E-state index contributed by atoms with van der Waals surface area (Å²) in [5.74, 6) is 0.785. The molecule has 0 unspecified atom stereocenters. The average molecular weight is 316 g/mol. The number of nitrogens with zero attached hydrogens (tertiary/aromatic N) is 5. The summed E-state index contributed by atoms with van der Waals surface area (Å²) in [7, 11) is 3.93. The van der Waals surface area contributed by atoms with Gasteiger partial charge in [0.25, 0.3) is 0 Å². The average Bonchev–Trinajstić information content (AvgIpc) is 3.03. The predicted octanol–water partition coefficient (Wildman–Crippen LogP) is 2.57. The number of hydrogen-bond donors (Lipinski definition) is 1. The first-order valence-corrected chi connectivity index (χ1v) is 8.50. The summed E-state index contributed by atoms with van der Waals surface area (Å²) in [6.45, 7) is 3.06. The summed E-state index contributed by atoms with van der Waals surface area (Å²) in [5, 5.41) is 22.6. The summed E-state index contributed by atoms with van der Waals surface area (Å²) < 4.78 is 0.960. The fourth-order valence-electron chi connectivity index (χ4n) is 1.18. The van der Waals surface area contributed by atoms with E-state index in [1.54, 1.807) is 34.4 Å². The van der Waals surface area contributed by atoms with E-state index in [-0.39, 0.29) is 0 Å². The Kier molecular flexibility index (Phi) is 5.34. The van der Waals surface area contributed by atoms with Crippen LogP contribution in [0.4, 0.5) is 10.3 Å². The van der Waals surface area contributed by atoms with Crippen LogP contribution in [0.2, 0.25) is 0 Å². The van der Waals surface area contributed by atoms with Crippen LogP contribution in [0.5, 0.6) is 0 Å². The lowest BCUT2D eigenvalue weighted by molar-refractivity contribution is 0.957. The van der Waals surface area contributed by atoms with Crippen molar-refractivity contribution in [3.63, 3.8) is 0 Å². The molecule has 0 aliphatic heterocycles. The quantitative estimate of drug-likeness (QED) is 0.787. The Labute approximate surface area is 124 Å². The van der Waals surface area contributed by atoms with E-state index >= 15 is 0 Å². The minimum Gasteiger partial charge on any atom is -0.360 e. The molecule has 0 aromatic carbocycles. The molecule has 0 bridgehead atoms. The van der Waals surface area contributed by atoms with Gasteiger partial charge in [-0.05, 0) is 6.42 Å². The maximum absolute atomic E-state index is 4.16. The first-order chi connectivity index (χ1) is 9.19. The molecule has 0 spiro atoms. The highest BCUT2D eigenvalue weighted by atomic mass is 32.2. The number of anilines is 2. The fraction of sp³-hybridized carbons (Fsp3) is 0.600. The zero-order chi connectivity index (χ0) is 13.7. The van der Waals surface area contributed by atoms with E-state index < -0.39 is 0 Å². The third kappa shape index (κ3) is 4.29. The van der Waals surface area contributed by atoms with E-state index in [9.17, 15) is 0 Å². The molecule has 19 heavy (non-hydrogen) atoms. The lowest BCUT2D eigenvalue weighted by atomic mass is 10.5. The van der Waals surface area contributed by atoms with Crippen LogP contribution in [0.1, 0.15) is 18.4 Å². The Balaban J connectivity index is 1.85. The standard InChI is InChI=1S/C10H16N6S3/c1-4-5-11-8-13-12-7(18-8)6-17-10-15-14-9(19-10)16(2)3/h4-6H2,1-3H3,(H,11,13). The number of nitrogens with one attached hydrogen (secondary N) is 1. The lowest BCUT2D eigenvalue weighted by Gasteiger charge is -2.03. The highest BCUT2D eigenvalue weighted by Gasteiger charge is 2.09. The van der Waals surface area contributed by atoms with Gasteiger partial charge in [-0.25, -0.2) is 0 Å². The third-order valence-electron chi connectivity index (χ3n) is 2.09. The van der Waals surface area contributed by atoms with Crippen LogP contribution < -0.4 is 10.2 Å². The van der Waals surface area contributed by atoms with E-state index in [4.69, 9.17) is 0 Å². The molecule has 0 aliphatic carbocycles. The zero-order valence-electron chi connectivity index (χ0n) is 11.1. The molecule has 0 aliphatic rings. The van der Waals surface area contributed by atoms with E-state index in [2.05, 4.69) is 32.6 Å². The van der Waals surface area contributed by atoms with Crippen molar-refractivity contribution in [1.82, 2.24) is 20.4 Å². The Morgan fingerprint density at radius 2 is 2.00 bits per heavy atom. The highest BCUT2D eigenvalue weighted by Crippen LogP contribution is 2.30. The summed E-state index contributed by atoms with van der Waals surface area (Å²) in [5.41, 5.74) is 0. The van der Waals surface area contributed by atoms with Crippen molar-refractivity contribution in [3.05, 3.63) is 5.01 Å². The van der Waals surface area contributed by atoms with Gasteiger partial charge in [0.05, 0.1) is 5.75 Å². The van der Waals surface area contributed by atoms with Gasteiger partial charge in [0.1, 0.15) is 5.01 Å². The maximum Gasteiger partial charge on any atom is 0.208 e.